The average Bonchev–Trinajstić information content (AvgIpc) is 3.21. The van der Waals surface area contributed by atoms with Crippen LogP contribution in [0.15, 0.2) is 0 Å². The van der Waals surface area contributed by atoms with Gasteiger partial charge in [-0.25, -0.2) is 0 Å². The largest absolute Gasteiger partial charge is 0.460 e. The van der Waals surface area contributed by atoms with Gasteiger partial charge in [-0.05, 0) is 95.4 Å². The Balaban J connectivity index is 5.61. The fourth-order valence-electron chi connectivity index (χ4n) is 6.40. The summed E-state index contributed by atoms with van der Waals surface area (Å²) >= 11 is 0. The van der Waals surface area contributed by atoms with Gasteiger partial charge >= 0.3 is 23.9 Å². The van der Waals surface area contributed by atoms with E-state index in [1.54, 1.807) is 96.9 Å². The maximum absolute atomic E-state index is 14.1. The van der Waals surface area contributed by atoms with E-state index in [0.29, 0.717) is 26.4 Å². The number of hydrogen-bond donors (Lipinski definition) is 4. The molecular weight excluding hydrogens is 943 g/mol. The molecule has 4 N–H and O–H groups in total. The Hall–Kier alpha value is -4.57. The molecule has 416 valence electrons. The number of amides is 3. The number of hydrogen-bond acceptors (Lipinski definition) is 18. The minimum absolute atomic E-state index is 0.0323. The van der Waals surface area contributed by atoms with Crippen molar-refractivity contribution in [2.75, 3.05) is 66.0 Å². The number of esters is 4. The summed E-state index contributed by atoms with van der Waals surface area (Å²) in [4.78, 5) is 118. The summed E-state index contributed by atoms with van der Waals surface area (Å²) in [5.41, 5.74) is -3.12. The van der Waals surface area contributed by atoms with Gasteiger partial charge in [-0.15, -0.1) is 0 Å². The van der Waals surface area contributed by atoms with E-state index < -0.39 is 131 Å². The molecule has 0 spiro atoms. The van der Waals surface area contributed by atoms with Crippen LogP contribution in [0.1, 0.15) is 149 Å². The van der Waals surface area contributed by atoms with Crippen LogP contribution in [0.4, 0.5) is 0 Å². The molecule has 0 radical (unpaired) electrons. The first-order chi connectivity index (χ1) is 33.1. The third-order valence-electron chi connectivity index (χ3n) is 9.73. The second-order valence-electron chi connectivity index (χ2n) is 21.9. The first kappa shape index (κ1) is 67.4. The highest BCUT2D eigenvalue weighted by molar-refractivity contribution is 5.97. The molecule has 0 aromatic rings. The zero-order valence-electron chi connectivity index (χ0n) is 45.9. The monoisotopic (exact) mass is 1030 g/mol. The molecule has 0 aromatic carbocycles. The molecular formula is C51H89N3O18. The summed E-state index contributed by atoms with van der Waals surface area (Å²) in [5, 5.41) is 18.0. The fraction of sp³-hybridized carbons (Fsp3) is 0.824. The van der Waals surface area contributed by atoms with Gasteiger partial charge in [-0.1, -0.05) is 20.8 Å². The number of carbonyl (C=O) groups is 9. The third kappa shape index (κ3) is 34.7. The van der Waals surface area contributed by atoms with E-state index in [4.69, 9.17) is 37.9 Å². The number of ketones is 2. The predicted molar refractivity (Wildman–Crippen MR) is 264 cm³/mol. The van der Waals surface area contributed by atoms with Crippen molar-refractivity contribution in [2.45, 2.75) is 183 Å². The molecule has 0 saturated heterocycles. The Kier molecular flexibility index (Phi) is 31.2. The standard InChI is InChI=1S/C51H89N3O18/c1-33(2)36(30-40(57)37(16-17-41(58)69-48(4,5)6)53-45(62)34(3)28-43(60)71-50(10,11)12)47(64)54-38(31-44(61)72-51(13,14)15)39(56)29-35(32-55)46(63)52-19-21-66-23-25-68-27-26-67-24-22-65-20-18-42(59)70-49(7,8)9/h33-38,55H,16-32H2,1-15H3,(H,52,63)(H,53,62)(H,54,64)/t34-,35-,36-,37-,38-/m0/s1. The topological polar surface area (TPSA) is 284 Å². The highest BCUT2D eigenvalue weighted by Crippen LogP contribution is 2.22. The van der Waals surface area contributed by atoms with Gasteiger partial charge in [0, 0.05) is 37.6 Å². The Morgan fingerprint density at radius 2 is 0.847 bits per heavy atom. The number of nitrogens with one attached hydrogen (secondary N) is 3. The number of Topliss-reactive ketones (excluding diaryl/α,β-unsaturated/α-hetero) is 2. The van der Waals surface area contributed by atoms with Crippen molar-refractivity contribution in [1.82, 2.24) is 16.0 Å². The first-order valence-electron chi connectivity index (χ1n) is 24.9. The van der Waals surface area contributed by atoms with Gasteiger partial charge in [0.25, 0.3) is 0 Å². The van der Waals surface area contributed by atoms with E-state index >= 15 is 0 Å². The van der Waals surface area contributed by atoms with Crippen molar-refractivity contribution in [3.05, 3.63) is 0 Å². The van der Waals surface area contributed by atoms with E-state index in [1.165, 1.54) is 6.92 Å². The molecule has 0 heterocycles. The summed E-state index contributed by atoms with van der Waals surface area (Å²) in [6.45, 7) is 26.4. The Morgan fingerprint density at radius 3 is 1.31 bits per heavy atom. The molecule has 5 atom stereocenters. The van der Waals surface area contributed by atoms with E-state index in [2.05, 4.69) is 16.0 Å². The highest BCUT2D eigenvalue weighted by Gasteiger charge is 2.36. The van der Waals surface area contributed by atoms with Crippen LogP contribution in [0.25, 0.3) is 0 Å². The minimum atomic E-state index is -1.53. The van der Waals surface area contributed by atoms with Crippen molar-refractivity contribution < 1.29 is 86.2 Å². The van der Waals surface area contributed by atoms with Crippen LogP contribution in [-0.2, 0) is 81.0 Å². The Bertz CT molecular complexity index is 1720. The maximum atomic E-state index is 14.1. The summed E-state index contributed by atoms with van der Waals surface area (Å²) in [5.74, 6) is -9.75. The van der Waals surface area contributed by atoms with E-state index in [9.17, 15) is 48.3 Å². The summed E-state index contributed by atoms with van der Waals surface area (Å²) in [6.07, 6.45) is -2.25. The zero-order chi connectivity index (χ0) is 55.5. The van der Waals surface area contributed by atoms with Crippen LogP contribution in [0.5, 0.6) is 0 Å². The molecule has 0 fully saturated rings. The normalized spacial score (nSPS) is 14.2. The number of ether oxygens (including phenoxy) is 8. The zero-order valence-corrected chi connectivity index (χ0v) is 45.9. The van der Waals surface area contributed by atoms with Crippen LogP contribution < -0.4 is 16.0 Å². The second-order valence-corrected chi connectivity index (χ2v) is 21.9. The van der Waals surface area contributed by atoms with Gasteiger partial charge in [0.15, 0.2) is 11.6 Å². The van der Waals surface area contributed by atoms with Gasteiger partial charge in [-0.3, -0.25) is 43.2 Å². The lowest BCUT2D eigenvalue weighted by Crippen LogP contribution is -2.49. The molecule has 0 aromatic heterocycles. The molecule has 21 heteroatoms. The molecule has 0 unspecified atom stereocenters. The quantitative estimate of drug-likeness (QED) is 0.0398. The molecule has 72 heavy (non-hydrogen) atoms. The smallest absolute Gasteiger partial charge is 0.308 e. The lowest BCUT2D eigenvalue weighted by molar-refractivity contribution is -0.158. The Morgan fingerprint density at radius 1 is 0.444 bits per heavy atom. The lowest BCUT2D eigenvalue weighted by Gasteiger charge is -2.27. The molecule has 0 aliphatic rings. The van der Waals surface area contributed by atoms with Gasteiger partial charge in [0.2, 0.25) is 17.7 Å². The van der Waals surface area contributed by atoms with Crippen molar-refractivity contribution in [1.29, 1.82) is 0 Å². The van der Waals surface area contributed by atoms with Crippen LogP contribution in [0.2, 0.25) is 0 Å². The molecule has 3 amide bonds. The van der Waals surface area contributed by atoms with Crippen LogP contribution in [0.3, 0.4) is 0 Å². The number of carbonyl (C=O) groups excluding carboxylic acids is 9. The fourth-order valence-corrected chi connectivity index (χ4v) is 6.40. The number of aliphatic hydroxyl groups is 1. The van der Waals surface area contributed by atoms with Gasteiger partial charge < -0.3 is 59.0 Å². The Labute approximate surface area is 427 Å². The van der Waals surface area contributed by atoms with Crippen molar-refractivity contribution in [3.63, 3.8) is 0 Å². The van der Waals surface area contributed by atoms with Crippen LogP contribution >= 0.6 is 0 Å². The van der Waals surface area contributed by atoms with Gasteiger partial charge in [-0.2, -0.15) is 0 Å². The average molecular weight is 1030 g/mol. The molecule has 0 saturated carbocycles. The molecule has 0 aliphatic carbocycles. The minimum Gasteiger partial charge on any atom is -0.460 e. The van der Waals surface area contributed by atoms with E-state index in [-0.39, 0.29) is 64.6 Å². The van der Waals surface area contributed by atoms with Crippen molar-refractivity contribution in [2.24, 2.45) is 23.7 Å². The maximum Gasteiger partial charge on any atom is 0.308 e. The van der Waals surface area contributed by atoms with E-state index in [0.717, 1.165) is 0 Å². The van der Waals surface area contributed by atoms with Crippen molar-refractivity contribution in [3.8, 4) is 0 Å². The molecule has 0 aliphatic heterocycles. The first-order valence-corrected chi connectivity index (χ1v) is 24.9. The van der Waals surface area contributed by atoms with Gasteiger partial charge in [0.1, 0.15) is 22.4 Å². The van der Waals surface area contributed by atoms with Crippen LogP contribution in [0, 0.1) is 23.7 Å². The highest BCUT2D eigenvalue weighted by atomic mass is 16.6. The van der Waals surface area contributed by atoms with Crippen LogP contribution in [-0.4, -0.2) is 159 Å². The van der Waals surface area contributed by atoms with E-state index in [1.807, 2.05) is 0 Å². The summed E-state index contributed by atoms with van der Waals surface area (Å²) in [7, 11) is 0. The van der Waals surface area contributed by atoms with Gasteiger partial charge in [0.05, 0.1) is 96.7 Å². The van der Waals surface area contributed by atoms with Crippen molar-refractivity contribution >= 4 is 53.2 Å². The second kappa shape index (κ2) is 33.3. The molecule has 21 nitrogen and oxygen atoms in total. The number of rotatable bonds is 35. The third-order valence-corrected chi connectivity index (χ3v) is 9.73. The summed E-state index contributed by atoms with van der Waals surface area (Å²) < 4.78 is 43.2. The SMILES string of the molecule is CC(C)[C@H](CC(=O)[C@H](CCC(=O)OC(C)(C)C)NC(=O)[C@@H](C)CC(=O)OC(C)(C)C)C(=O)N[C@@H](CC(=O)OC(C)(C)C)C(=O)C[C@@H](CO)C(=O)NCCOCCOCCOCCOCCC(=O)OC(C)(C)C. The summed E-state index contributed by atoms with van der Waals surface area (Å²) in [6, 6.07) is -2.81. The number of aliphatic hydroxyl groups excluding tert-OH is 1. The predicted octanol–water partition coefficient (Wildman–Crippen LogP) is 3.89. The molecule has 0 bridgehead atoms. The molecule has 0 rings (SSSR count). The lowest BCUT2D eigenvalue weighted by atomic mass is 9.86.